The molecule has 0 aromatic carbocycles. The summed E-state index contributed by atoms with van der Waals surface area (Å²) in [5, 5.41) is 9.43. The highest BCUT2D eigenvalue weighted by Gasteiger charge is 2.54. The monoisotopic (exact) mass is 289 g/mol. The van der Waals surface area contributed by atoms with Crippen LogP contribution in [0.1, 0.15) is 19.3 Å². The number of aliphatic hydroxyl groups is 1. The maximum atomic E-state index is 12.5. The number of halogens is 3. The Balaban J connectivity index is 2.36. The molecule has 4 nitrogen and oxygen atoms in total. The molecule has 1 aliphatic rings. The molecule has 1 rings (SSSR count). The van der Waals surface area contributed by atoms with Crippen molar-refractivity contribution in [1.82, 2.24) is 4.90 Å². The van der Waals surface area contributed by atoms with Crippen LogP contribution in [0.15, 0.2) is 0 Å². The van der Waals surface area contributed by atoms with Crippen LogP contribution < -0.4 is 0 Å². The Kier molecular flexibility index (Phi) is 4.66. The molecule has 0 amide bonds. The SMILES string of the molecule is CS(=O)(=O)CCCN1CCC(O)(C(F)(F)F)CC1. The zero-order valence-corrected chi connectivity index (χ0v) is 11.0. The zero-order chi connectivity index (χ0) is 14.0. The minimum absolute atomic E-state index is 0.0348. The van der Waals surface area contributed by atoms with E-state index in [1.807, 2.05) is 0 Å². The third kappa shape index (κ3) is 4.40. The molecule has 0 radical (unpaired) electrons. The van der Waals surface area contributed by atoms with Crippen LogP contribution in [0.3, 0.4) is 0 Å². The van der Waals surface area contributed by atoms with Crippen molar-refractivity contribution >= 4 is 9.84 Å². The van der Waals surface area contributed by atoms with Gasteiger partial charge in [-0.15, -0.1) is 0 Å². The van der Waals surface area contributed by atoms with Crippen molar-refractivity contribution in [2.75, 3.05) is 31.6 Å². The van der Waals surface area contributed by atoms with Crippen LogP contribution >= 0.6 is 0 Å². The van der Waals surface area contributed by atoms with E-state index in [2.05, 4.69) is 0 Å². The summed E-state index contributed by atoms with van der Waals surface area (Å²) in [5.41, 5.74) is -2.58. The summed E-state index contributed by atoms with van der Waals surface area (Å²) in [6, 6.07) is 0. The first-order chi connectivity index (χ1) is 8.04. The normalized spacial score (nSPS) is 22.1. The van der Waals surface area contributed by atoms with E-state index in [1.165, 1.54) is 0 Å². The van der Waals surface area contributed by atoms with Crippen LogP contribution in [0.25, 0.3) is 0 Å². The largest absolute Gasteiger partial charge is 0.417 e. The Morgan fingerprint density at radius 2 is 1.78 bits per heavy atom. The fraction of sp³-hybridized carbons (Fsp3) is 1.00. The average molecular weight is 289 g/mol. The van der Waals surface area contributed by atoms with E-state index < -0.39 is 21.6 Å². The second kappa shape index (κ2) is 5.34. The molecule has 18 heavy (non-hydrogen) atoms. The van der Waals surface area contributed by atoms with E-state index in [4.69, 9.17) is 0 Å². The zero-order valence-electron chi connectivity index (χ0n) is 10.2. The van der Waals surface area contributed by atoms with E-state index in [0.29, 0.717) is 13.0 Å². The van der Waals surface area contributed by atoms with Crippen molar-refractivity contribution in [3.63, 3.8) is 0 Å². The molecule has 0 unspecified atom stereocenters. The molecule has 0 spiro atoms. The number of nitrogens with zero attached hydrogens (tertiary/aromatic N) is 1. The predicted octanol–water partition coefficient (Wildman–Crippen LogP) is 0.810. The topological polar surface area (TPSA) is 57.6 Å². The van der Waals surface area contributed by atoms with Gasteiger partial charge in [-0.05, 0) is 25.8 Å². The number of sulfone groups is 1. The Labute approximate surface area is 105 Å². The van der Waals surface area contributed by atoms with Crippen molar-refractivity contribution in [2.45, 2.75) is 31.0 Å². The van der Waals surface area contributed by atoms with Crippen molar-refractivity contribution in [3.05, 3.63) is 0 Å². The van der Waals surface area contributed by atoms with Gasteiger partial charge in [-0.3, -0.25) is 0 Å². The number of hydrogen-bond donors (Lipinski definition) is 1. The van der Waals surface area contributed by atoms with Gasteiger partial charge in [0, 0.05) is 19.3 Å². The van der Waals surface area contributed by atoms with Crippen molar-refractivity contribution in [3.8, 4) is 0 Å². The Morgan fingerprint density at radius 3 is 2.17 bits per heavy atom. The van der Waals surface area contributed by atoms with Crippen LogP contribution in [0.4, 0.5) is 13.2 Å². The van der Waals surface area contributed by atoms with Gasteiger partial charge in [-0.25, -0.2) is 8.42 Å². The first-order valence-electron chi connectivity index (χ1n) is 5.73. The molecule has 8 heteroatoms. The average Bonchev–Trinajstić information content (AvgIpc) is 2.17. The summed E-state index contributed by atoms with van der Waals surface area (Å²) in [4.78, 5) is 1.76. The third-order valence-corrected chi connectivity index (χ3v) is 4.23. The van der Waals surface area contributed by atoms with Crippen LogP contribution in [0.2, 0.25) is 0 Å². The number of hydrogen-bond acceptors (Lipinski definition) is 4. The molecule has 0 aromatic rings. The number of rotatable bonds is 4. The van der Waals surface area contributed by atoms with E-state index in [9.17, 15) is 26.7 Å². The number of likely N-dealkylation sites (tertiary alicyclic amines) is 1. The number of alkyl halides is 3. The second-order valence-corrected chi connectivity index (χ2v) is 7.11. The Hall–Kier alpha value is -0.340. The first kappa shape index (κ1) is 15.7. The van der Waals surface area contributed by atoms with Crippen LogP contribution in [0.5, 0.6) is 0 Å². The molecule has 1 aliphatic heterocycles. The van der Waals surface area contributed by atoms with Gasteiger partial charge < -0.3 is 10.0 Å². The van der Waals surface area contributed by atoms with Crippen LogP contribution in [0, 0.1) is 0 Å². The molecule has 0 saturated carbocycles. The molecule has 0 aliphatic carbocycles. The van der Waals surface area contributed by atoms with Crippen LogP contribution in [-0.4, -0.2) is 61.8 Å². The van der Waals surface area contributed by atoms with E-state index in [1.54, 1.807) is 4.90 Å². The van der Waals surface area contributed by atoms with E-state index >= 15 is 0 Å². The lowest BCUT2D eigenvalue weighted by atomic mass is 9.91. The molecule has 0 bridgehead atoms. The molecule has 1 saturated heterocycles. The molecular formula is C10H18F3NO3S. The summed E-state index contributed by atoms with van der Waals surface area (Å²) < 4.78 is 59.3. The summed E-state index contributed by atoms with van der Waals surface area (Å²) in [5.74, 6) is 0.0348. The fourth-order valence-electron chi connectivity index (χ4n) is 1.98. The fourth-order valence-corrected chi connectivity index (χ4v) is 2.63. The molecule has 1 heterocycles. The highest BCUT2D eigenvalue weighted by atomic mass is 32.2. The van der Waals surface area contributed by atoms with Crippen molar-refractivity contribution in [1.29, 1.82) is 0 Å². The Morgan fingerprint density at radius 1 is 1.28 bits per heavy atom. The van der Waals surface area contributed by atoms with Crippen molar-refractivity contribution in [2.24, 2.45) is 0 Å². The predicted molar refractivity (Wildman–Crippen MR) is 61.0 cm³/mol. The van der Waals surface area contributed by atoms with Gasteiger partial charge in [0.25, 0.3) is 0 Å². The summed E-state index contributed by atoms with van der Waals surface area (Å²) >= 11 is 0. The minimum atomic E-state index is -4.59. The van der Waals surface area contributed by atoms with E-state index in [-0.39, 0.29) is 31.7 Å². The standard InChI is InChI=1S/C10H18F3NO3S/c1-18(16,17)8-2-5-14-6-3-9(15,4-7-14)10(11,12)13/h15H,2-8H2,1H3. The van der Waals surface area contributed by atoms with E-state index in [0.717, 1.165) is 6.26 Å². The maximum absolute atomic E-state index is 12.5. The highest BCUT2D eigenvalue weighted by Crippen LogP contribution is 2.38. The van der Waals surface area contributed by atoms with Gasteiger partial charge in [-0.1, -0.05) is 0 Å². The summed E-state index contributed by atoms with van der Waals surface area (Å²) in [7, 11) is -3.03. The van der Waals surface area contributed by atoms with Crippen LogP contribution in [-0.2, 0) is 9.84 Å². The molecule has 0 atom stereocenters. The van der Waals surface area contributed by atoms with Gasteiger partial charge in [0.1, 0.15) is 9.84 Å². The summed E-state index contributed by atoms with van der Waals surface area (Å²) in [6.07, 6.45) is -3.76. The second-order valence-electron chi connectivity index (χ2n) is 4.85. The molecule has 108 valence electrons. The Bertz CT molecular complexity index is 372. The quantitative estimate of drug-likeness (QED) is 0.832. The van der Waals surface area contributed by atoms with Gasteiger partial charge in [0.2, 0.25) is 0 Å². The highest BCUT2D eigenvalue weighted by molar-refractivity contribution is 7.90. The number of piperidine rings is 1. The lowest BCUT2D eigenvalue weighted by Crippen LogP contribution is -2.53. The van der Waals surface area contributed by atoms with Gasteiger partial charge in [-0.2, -0.15) is 13.2 Å². The van der Waals surface area contributed by atoms with Gasteiger partial charge >= 0.3 is 6.18 Å². The smallest absolute Gasteiger partial charge is 0.380 e. The third-order valence-electron chi connectivity index (χ3n) is 3.20. The molecule has 0 aromatic heterocycles. The molecule has 1 N–H and O–H groups in total. The molecule has 1 fully saturated rings. The van der Waals surface area contributed by atoms with Gasteiger partial charge in [0.05, 0.1) is 5.75 Å². The minimum Gasteiger partial charge on any atom is -0.380 e. The lowest BCUT2D eigenvalue weighted by Gasteiger charge is -2.39. The first-order valence-corrected chi connectivity index (χ1v) is 7.79. The maximum Gasteiger partial charge on any atom is 0.417 e. The van der Waals surface area contributed by atoms with Gasteiger partial charge in [0.15, 0.2) is 5.60 Å². The summed E-state index contributed by atoms with van der Waals surface area (Å²) in [6.45, 7) is 0.723. The molecular weight excluding hydrogens is 271 g/mol. The lowest BCUT2D eigenvalue weighted by molar-refractivity contribution is -0.272. The van der Waals surface area contributed by atoms with Crippen molar-refractivity contribution < 1.29 is 26.7 Å².